The summed E-state index contributed by atoms with van der Waals surface area (Å²) in [6.07, 6.45) is 22.9. The maximum absolute atomic E-state index is 7.07. The molecule has 1 aliphatic carbocycles. The van der Waals surface area contributed by atoms with E-state index in [1.807, 2.05) is 6.08 Å². The maximum Gasteiger partial charge on any atom is 0.0189 e. The fourth-order valence-electron chi connectivity index (χ4n) is 5.50. The Bertz CT molecular complexity index is 854. The van der Waals surface area contributed by atoms with Gasteiger partial charge in [0.05, 0.1) is 0 Å². The zero-order chi connectivity index (χ0) is 25.2. The quantitative estimate of drug-likeness (QED) is 0.389. The summed E-state index contributed by atoms with van der Waals surface area (Å²) in [5.74, 6) is 0.312. The minimum absolute atomic E-state index is 0.194. The molecule has 34 heavy (non-hydrogen) atoms. The summed E-state index contributed by atoms with van der Waals surface area (Å²) in [6.45, 7) is 15.2. The first kappa shape index (κ1) is 28.3. The van der Waals surface area contributed by atoms with E-state index in [-0.39, 0.29) is 16.5 Å². The number of unbranched alkanes of at least 4 members (excludes halogenated alkanes) is 1. The summed E-state index contributed by atoms with van der Waals surface area (Å²) in [7, 11) is 0. The molecule has 3 unspecified atom stereocenters. The minimum atomic E-state index is -0.258. The first-order valence-corrected chi connectivity index (χ1v) is 13.3. The van der Waals surface area contributed by atoms with Crippen LogP contribution in [0.15, 0.2) is 66.8 Å². The fraction of sp³-hybridized carbons (Fsp3) is 0.562. The van der Waals surface area contributed by atoms with Gasteiger partial charge in [-0.3, -0.25) is 0 Å². The van der Waals surface area contributed by atoms with Gasteiger partial charge in [-0.1, -0.05) is 94.0 Å². The summed E-state index contributed by atoms with van der Waals surface area (Å²) in [4.78, 5) is 0. The van der Waals surface area contributed by atoms with Crippen molar-refractivity contribution in [2.75, 3.05) is 0 Å². The first-order chi connectivity index (χ1) is 16.0. The Balaban J connectivity index is 2.35. The van der Waals surface area contributed by atoms with Crippen molar-refractivity contribution in [3.63, 3.8) is 0 Å². The second-order valence-corrected chi connectivity index (χ2v) is 11.7. The van der Waals surface area contributed by atoms with Crippen LogP contribution in [0.25, 0.3) is 6.08 Å². The van der Waals surface area contributed by atoms with Crippen LogP contribution >= 0.6 is 0 Å². The Morgan fingerprint density at radius 2 is 1.85 bits per heavy atom. The second kappa shape index (κ2) is 12.7. The van der Waals surface area contributed by atoms with E-state index in [0.29, 0.717) is 5.92 Å². The van der Waals surface area contributed by atoms with E-state index in [1.165, 1.54) is 36.0 Å². The van der Waals surface area contributed by atoms with E-state index >= 15 is 0 Å². The SMILES string of the molecule is C=Cc1ccc(C[C@@](C)(CCCC)CC2/C=C/C=C(\C=C/C)CC(C)(N)CCCC2(C)N)cc1. The second-order valence-electron chi connectivity index (χ2n) is 11.7. The first-order valence-electron chi connectivity index (χ1n) is 13.3. The Hall–Kier alpha value is -1.90. The lowest BCUT2D eigenvalue weighted by atomic mass is 9.67. The van der Waals surface area contributed by atoms with Gasteiger partial charge in [-0.2, -0.15) is 0 Å². The number of hydrogen-bond donors (Lipinski definition) is 2. The maximum atomic E-state index is 7.07. The van der Waals surface area contributed by atoms with Gasteiger partial charge in [-0.05, 0) is 93.7 Å². The van der Waals surface area contributed by atoms with Crippen LogP contribution in [0.5, 0.6) is 0 Å². The number of hydrogen-bond acceptors (Lipinski definition) is 2. The zero-order valence-electron chi connectivity index (χ0n) is 22.6. The average molecular weight is 463 g/mol. The number of allylic oxidation sites excluding steroid dienone is 4. The molecule has 0 bridgehead atoms. The van der Waals surface area contributed by atoms with Crippen LogP contribution < -0.4 is 11.5 Å². The largest absolute Gasteiger partial charge is 0.325 e. The molecule has 1 aromatic rings. The van der Waals surface area contributed by atoms with E-state index in [4.69, 9.17) is 11.5 Å². The smallest absolute Gasteiger partial charge is 0.0189 e. The van der Waals surface area contributed by atoms with Crippen molar-refractivity contribution in [3.05, 3.63) is 77.9 Å². The highest BCUT2D eigenvalue weighted by molar-refractivity contribution is 5.47. The van der Waals surface area contributed by atoms with Gasteiger partial charge >= 0.3 is 0 Å². The Morgan fingerprint density at radius 3 is 2.47 bits per heavy atom. The van der Waals surface area contributed by atoms with Crippen molar-refractivity contribution in [2.45, 2.75) is 103 Å². The lowest BCUT2D eigenvalue weighted by Gasteiger charge is -2.40. The third kappa shape index (κ3) is 9.04. The van der Waals surface area contributed by atoms with Gasteiger partial charge in [-0.25, -0.2) is 0 Å². The van der Waals surface area contributed by atoms with E-state index in [0.717, 1.165) is 38.5 Å². The summed E-state index contributed by atoms with van der Waals surface area (Å²) in [5, 5.41) is 0. The molecule has 0 aliphatic heterocycles. The van der Waals surface area contributed by atoms with Crippen LogP contribution in [-0.2, 0) is 6.42 Å². The molecule has 2 heteroatoms. The topological polar surface area (TPSA) is 52.0 Å². The van der Waals surface area contributed by atoms with Gasteiger partial charge in [0.25, 0.3) is 0 Å². The van der Waals surface area contributed by atoms with Crippen molar-refractivity contribution < 1.29 is 0 Å². The monoisotopic (exact) mass is 462 g/mol. The van der Waals surface area contributed by atoms with E-state index in [9.17, 15) is 0 Å². The standard InChI is InChI=1S/C32H50N2/c1-7-10-20-30(4,23-28-18-16-26(9-3)17-19-28)25-29-15-11-14-27(13-8-2)24-31(5,33)21-12-22-32(29,6)34/h8-9,11,13-19,29H,3,7,10,12,20-25,33-34H2,1-2,4-6H3/b13-8-,15-11+,27-14+/t29?,30-,31?,32?/m1/s1. The third-order valence-electron chi connectivity index (χ3n) is 7.65. The minimum Gasteiger partial charge on any atom is -0.325 e. The Kier molecular flexibility index (Phi) is 10.6. The van der Waals surface area contributed by atoms with Crippen LogP contribution in [-0.4, -0.2) is 11.1 Å². The Morgan fingerprint density at radius 1 is 1.15 bits per heavy atom. The molecule has 0 amide bonds. The van der Waals surface area contributed by atoms with Gasteiger partial charge < -0.3 is 11.5 Å². The molecular formula is C32H50N2. The number of rotatable bonds is 9. The fourth-order valence-corrected chi connectivity index (χ4v) is 5.50. The van der Waals surface area contributed by atoms with Crippen molar-refractivity contribution in [1.29, 1.82) is 0 Å². The summed E-state index contributed by atoms with van der Waals surface area (Å²) < 4.78 is 0. The van der Waals surface area contributed by atoms with Gasteiger partial charge in [-0.15, -0.1) is 0 Å². The summed E-state index contributed by atoms with van der Waals surface area (Å²) in [5.41, 5.74) is 17.4. The predicted octanol–water partition coefficient (Wildman–Crippen LogP) is 8.14. The van der Waals surface area contributed by atoms with Gasteiger partial charge in [0.1, 0.15) is 0 Å². The lowest BCUT2D eigenvalue weighted by molar-refractivity contribution is 0.178. The molecule has 0 spiro atoms. The van der Waals surface area contributed by atoms with E-state index in [1.54, 1.807) is 0 Å². The molecule has 0 saturated heterocycles. The van der Waals surface area contributed by atoms with Crippen LogP contribution in [0.1, 0.15) is 97.1 Å². The third-order valence-corrected chi connectivity index (χ3v) is 7.65. The molecular weight excluding hydrogens is 412 g/mol. The molecule has 2 nitrogen and oxygen atoms in total. The van der Waals surface area contributed by atoms with E-state index < -0.39 is 0 Å². The van der Waals surface area contributed by atoms with Crippen molar-refractivity contribution >= 4 is 6.08 Å². The normalized spacial score (nSPS) is 30.7. The lowest BCUT2D eigenvalue weighted by Crippen LogP contribution is -2.46. The highest BCUT2D eigenvalue weighted by Gasteiger charge is 2.36. The Labute approximate surface area is 210 Å². The summed E-state index contributed by atoms with van der Waals surface area (Å²) in [6, 6.07) is 8.90. The average Bonchev–Trinajstić information content (AvgIpc) is 2.78. The zero-order valence-corrected chi connectivity index (χ0v) is 22.6. The van der Waals surface area contributed by atoms with Crippen LogP contribution in [0.4, 0.5) is 0 Å². The van der Waals surface area contributed by atoms with Gasteiger partial charge in [0.2, 0.25) is 0 Å². The van der Waals surface area contributed by atoms with Gasteiger partial charge in [0.15, 0.2) is 0 Å². The molecule has 4 N–H and O–H groups in total. The molecule has 2 rings (SSSR count). The highest BCUT2D eigenvalue weighted by atomic mass is 14.8. The molecule has 188 valence electrons. The number of benzene rings is 1. The van der Waals surface area contributed by atoms with E-state index in [2.05, 4.69) is 95.8 Å². The van der Waals surface area contributed by atoms with Crippen LogP contribution in [0, 0.1) is 11.3 Å². The van der Waals surface area contributed by atoms with Crippen molar-refractivity contribution in [2.24, 2.45) is 22.8 Å². The molecule has 4 atom stereocenters. The highest BCUT2D eigenvalue weighted by Crippen LogP contribution is 2.41. The van der Waals surface area contributed by atoms with Gasteiger partial charge in [0, 0.05) is 11.1 Å². The predicted molar refractivity (Wildman–Crippen MR) is 152 cm³/mol. The molecule has 1 aliphatic rings. The molecule has 0 saturated carbocycles. The van der Waals surface area contributed by atoms with Crippen molar-refractivity contribution in [3.8, 4) is 0 Å². The van der Waals surface area contributed by atoms with Crippen LogP contribution in [0.2, 0.25) is 0 Å². The molecule has 0 aromatic heterocycles. The van der Waals surface area contributed by atoms with Crippen LogP contribution in [0.3, 0.4) is 0 Å². The molecule has 0 radical (unpaired) electrons. The molecule has 0 fully saturated rings. The number of nitrogens with two attached hydrogens (primary N) is 2. The summed E-state index contributed by atoms with van der Waals surface area (Å²) >= 11 is 0. The molecule has 0 heterocycles. The molecule has 1 aromatic carbocycles. The van der Waals surface area contributed by atoms with Crippen molar-refractivity contribution in [1.82, 2.24) is 0 Å².